The van der Waals surface area contributed by atoms with E-state index in [-0.39, 0.29) is 17.3 Å². The molecular formula is C29H27ClN6O3S. The number of rotatable bonds is 6. The summed E-state index contributed by atoms with van der Waals surface area (Å²) in [6.45, 7) is 4.44. The highest BCUT2D eigenvalue weighted by molar-refractivity contribution is 7.90. The van der Waals surface area contributed by atoms with E-state index in [9.17, 15) is 13.2 Å². The Kier molecular flexibility index (Phi) is 6.69. The van der Waals surface area contributed by atoms with Crippen LogP contribution in [0.1, 0.15) is 16.7 Å². The summed E-state index contributed by atoms with van der Waals surface area (Å²) in [5.74, 6) is 0.463. The third-order valence-electron chi connectivity index (χ3n) is 7.27. The Morgan fingerprint density at radius 3 is 2.40 bits per heavy atom. The minimum atomic E-state index is -3.83. The van der Waals surface area contributed by atoms with Gasteiger partial charge in [-0.1, -0.05) is 47.5 Å². The van der Waals surface area contributed by atoms with Crippen LogP contribution in [0.2, 0.25) is 5.02 Å². The molecule has 1 fully saturated rings. The number of benzene rings is 3. The van der Waals surface area contributed by atoms with Gasteiger partial charge in [-0.2, -0.15) is 0 Å². The molecule has 1 amide bonds. The second-order valence-electron chi connectivity index (χ2n) is 10.1. The number of hydrogen-bond donors (Lipinski definition) is 1. The van der Waals surface area contributed by atoms with E-state index in [4.69, 9.17) is 17.3 Å². The van der Waals surface area contributed by atoms with E-state index in [0.717, 1.165) is 27.6 Å². The van der Waals surface area contributed by atoms with Crippen LogP contribution in [0.5, 0.6) is 0 Å². The van der Waals surface area contributed by atoms with Gasteiger partial charge in [0.2, 0.25) is 5.91 Å². The summed E-state index contributed by atoms with van der Waals surface area (Å²) in [7, 11) is -3.83. The van der Waals surface area contributed by atoms with Crippen LogP contribution >= 0.6 is 11.6 Å². The lowest BCUT2D eigenvalue weighted by atomic mass is 10.1. The number of piperazine rings is 1. The normalized spacial score (nSPS) is 14.8. The Labute approximate surface area is 236 Å². The number of amides is 1. The highest BCUT2D eigenvalue weighted by atomic mass is 35.5. The maximum absolute atomic E-state index is 13.4. The van der Waals surface area contributed by atoms with E-state index >= 15 is 0 Å². The molecule has 6 rings (SSSR count). The Bertz CT molecular complexity index is 1870. The molecule has 2 N–H and O–H groups in total. The van der Waals surface area contributed by atoms with Crippen molar-refractivity contribution in [3.63, 3.8) is 0 Å². The van der Waals surface area contributed by atoms with E-state index in [1.807, 2.05) is 48.2 Å². The Morgan fingerprint density at radius 2 is 1.65 bits per heavy atom. The monoisotopic (exact) mass is 574 g/mol. The molecule has 5 aromatic rings. The Balaban J connectivity index is 1.18. The molecule has 0 aliphatic carbocycles. The number of nitrogens with two attached hydrogens (primary N) is 1. The van der Waals surface area contributed by atoms with Crippen LogP contribution in [0.3, 0.4) is 0 Å². The van der Waals surface area contributed by atoms with E-state index in [1.54, 1.807) is 24.3 Å². The first-order valence-electron chi connectivity index (χ1n) is 12.8. The van der Waals surface area contributed by atoms with Gasteiger partial charge < -0.3 is 10.6 Å². The van der Waals surface area contributed by atoms with Gasteiger partial charge in [-0.05, 0) is 48.4 Å². The second kappa shape index (κ2) is 10.2. The van der Waals surface area contributed by atoms with Crippen molar-refractivity contribution in [2.75, 3.05) is 25.4 Å². The number of carbonyl (C=O) groups is 1. The first-order valence-corrected chi connectivity index (χ1v) is 14.6. The fourth-order valence-electron chi connectivity index (χ4n) is 5.08. The predicted molar refractivity (Wildman–Crippen MR) is 155 cm³/mol. The van der Waals surface area contributed by atoms with Gasteiger partial charge in [0, 0.05) is 43.1 Å². The summed E-state index contributed by atoms with van der Waals surface area (Å²) >= 11 is 6.42. The van der Waals surface area contributed by atoms with Crippen molar-refractivity contribution in [3.05, 3.63) is 94.9 Å². The Hall–Kier alpha value is -3.99. The van der Waals surface area contributed by atoms with Gasteiger partial charge in [-0.15, -0.1) is 0 Å². The lowest BCUT2D eigenvalue weighted by molar-refractivity contribution is -0.136. The van der Waals surface area contributed by atoms with Gasteiger partial charge in [0.1, 0.15) is 12.1 Å². The number of aromatic nitrogens is 3. The van der Waals surface area contributed by atoms with Crippen LogP contribution < -0.4 is 5.73 Å². The van der Waals surface area contributed by atoms with Crippen molar-refractivity contribution in [2.45, 2.75) is 24.9 Å². The molecule has 0 spiro atoms. The molecule has 9 nitrogen and oxygen atoms in total. The summed E-state index contributed by atoms with van der Waals surface area (Å²) in [5, 5.41) is 1.81. The molecule has 1 aliphatic rings. The van der Waals surface area contributed by atoms with Gasteiger partial charge in [0.15, 0.2) is 0 Å². The number of halogens is 1. The number of anilines is 1. The smallest absolute Gasteiger partial charge is 0.268 e. The van der Waals surface area contributed by atoms with Crippen molar-refractivity contribution in [2.24, 2.45) is 0 Å². The van der Waals surface area contributed by atoms with Crippen molar-refractivity contribution < 1.29 is 13.2 Å². The van der Waals surface area contributed by atoms with Crippen molar-refractivity contribution in [3.8, 4) is 0 Å². The first kappa shape index (κ1) is 26.2. The molecule has 3 aromatic carbocycles. The molecule has 40 heavy (non-hydrogen) atoms. The van der Waals surface area contributed by atoms with Crippen LogP contribution in [-0.2, 0) is 27.9 Å². The molecule has 0 radical (unpaired) electrons. The number of carbonyl (C=O) groups excluding carboxylic acids is 1. The average Bonchev–Trinajstić information content (AvgIpc) is 3.27. The van der Waals surface area contributed by atoms with Crippen LogP contribution in [0, 0.1) is 6.92 Å². The van der Waals surface area contributed by atoms with Crippen LogP contribution in [0.15, 0.2) is 78.1 Å². The SMILES string of the molecule is Cc1ccc(S(=O)(=O)n2cc(Cl)c3ccc(CN4CCN(Cc5ccc6c(N)ncnc6c5)C(=O)C4)cc32)cc1. The number of nitrogen functional groups attached to an aromatic ring is 1. The third-order valence-corrected chi connectivity index (χ3v) is 9.26. The number of fused-ring (bicyclic) bond motifs is 2. The average molecular weight is 575 g/mol. The molecular weight excluding hydrogens is 548 g/mol. The molecule has 0 atom stereocenters. The minimum absolute atomic E-state index is 0.0306. The van der Waals surface area contributed by atoms with Crippen molar-refractivity contribution >= 4 is 55.2 Å². The molecule has 11 heteroatoms. The molecule has 0 saturated carbocycles. The molecule has 2 aromatic heterocycles. The van der Waals surface area contributed by atoms with Gasteiger partial charge >= 0.3 is 0 Å². The first-order chi connectivity index (χ1) is 19.2. The second-order valence-corrected chi connectivity index (χ2v) is 12.3. The highest BCUT2D eigenvalue weighted by Gasteiger charge is 2.25. The molecule has 0 unspecified atom stereocenters. The zero-order valence-electron chi connectivity index (χ0n) is 21.8. The Morgan fingerprint density at radius 1 is 0.925 bits per heavy atom. The van der Waals surface area contributed by atoms with Crippen LogP contribution in [-0.4, -0.2) is 57.7 Å². The highest BCUT2D eigenvalue weighted by Crippen LogP contribution is 2.31. The summed E-state index contributed by atoms with van der Waals surface area (Å²) in [6.07, 6.45) is 2.88. The largest absolute Gasteiger partial charge is 0.383 e. The van der Waals surface area contributed by atoms with Gasteiger partial charge in [-0.3, -0.25) is 9.69 Å². The summed E-state index contributed by atoms with van der Waals surface area (Å²) < 4.78 is 28.1. The quantitative estimate of drug-likeness (QED) is 0.323. The summed E-state index contributed by atoms with van der Waals surface area (Å²) in [5.41, 5.74) is 10.0. The van der Waals surface area contributed by atoms with Crippen molar-refractivity contribution in [1.82, 2.24) is 23.7 Å². The van der Waals surface area contributed by atoms with E-state index in [2.05, 4.69) is 14.9 Å². The number of nitrogens with zero attached hydrogens (tertiary/aromatic N) is 5. The lowest BCUT2D eigenvalue weighted by Crippen LogP contribution is -2.49. The van der Waals surface area contributed by atoms with Crippen LogP contribution in [0.4, 0.5) is 5.82 Å². The topological polar surface area (TPSA) is 114 Å². The fraction of sp³-hybridized carbons (Fsp3) is 0.207. The fourth-order valence-corrected chi connectivity index (χ4v) is 6.76. The summed E-state index contributed by atoms with van der Waals surface area (Å²) in [6, 6.07) is 18.1. The molecule has 0 bridgehead atoms. The zero-order valence-corrected chi connectivity index (χ0v) is 23.4. The predicted octanol–water partition coefficient (Wildman–Crippen LogP) is 4.21. The van der Waals surface area contributed by atoms with Gasteiger partial charge in [-0.25, -0.2) is 22.4 Å². The maximum Gasteiger partial charge on any atom is 0.268 e. The molecule has 1 aliphatic heterocycles. The molecule has 1 saturated heterocycles. The molecule has 204 valence electrons. The van der Waals surface area contributed by atoms with Gasteiger partial charge in [0.05, 0.1) is 27.5 Å². The lowest BCUT2D eigenvalue weighted by Gasteiger charge is -2.34. The van der Waals surface area contributed by atoms with Gasteiger partial charge in [0.25, 0.3) is 10.0 Å². The van der Waals surface area contributed by atoms with Crippen molar-refractivity contribution in [1.29, 1.82) is 0 Å². The van der Waals surface area contributed by atoms with E-state index < -0.39 is 10.0 Å². The van der Waals surface area contributed by atoms with E-state index in [0.29, 0.717) is 47.9 Å². The van der Waals surface area contributed by atoms with Crippen LogP contribution in [0.25, 0.3) is 21.8 Å². The minimum Gasteiger partial charge on any atom is -0.383 e. The third kappa shape index (κ3) is 4.90. The standard InChI is InChI=1S/C29H27ClN6O3S/c1-19-2-6-22(7-3-19)40(38,39)36-16-25(30)23-8-4-21(13-27(23)36)14-34-10-11-35(28(37)17-34)15-20-5-9-24-26(12-20)32-18-33-29(24)31/h2-9,12-13,16,18H,10-11,14-15,17H2,1H3,(H2,31,32,33). The maximum atomic E-state index is 13.4. The summed E-state index contributed by atoms with van der Waals surface area (Å²) in [4.78, 5) is 25.4. The number of hydrogen-bond acceptors (Lipinski definition) is 7. The van der Waals surface area contributed by atoms with E-state index in [1.165, 1.54) is 16.5 Å². The molecule has 3 heterocycles. The zero-order chi connectivity index (χ0) is 28.0. The number of aryl methyl sites for hydroxylation is 1.